The standard InChI is InChI=1S/C23H23NO/c1-18-12-14-21(15-13-18)24-23(20-10-6-3-7-11-20)17-22(25)16-19-8-4-2-5-9-19/h2-15,23-24H,16-17H2,1H3. The van der Waals surface area contributed by atoms with E-state index in [1.165, 1.54) is 5.56 Å². The molecule has 0 radical (unpaired) electrons. The van der Waals surface area contributed by atoms with E-state index in [9.17, 15) is 4.79 Å². The average Bonchev–Trinajstić information content (AvgIpc) is 2.64. The van der Waals surface area contributed by atoms with Crippen molar-refractivity contribution in [2.24, 2.45) is 0 Å². The first-order valence-corrected chi connectivity index (χ1v) is 8.64. The summed E-state index contributed by atoms with van der Waals surface area (Å²) >= 11 is 0. The summed E-state index contributed by atoms with van der Waals surface area (Å²) < 4.78 is 0. The van der Waals surface area contributed by atoms with Crippen LogP contribution in [-0.2, 0) is 11.2 Å². The Kier molecular flexibility index (Phi) is 5.63. The van der Waals surface area contributed by atoms with Crippen LogP contribution in [0.25, 0.3) is 0 Å². The predicted octanol–water partition coefficient (Wildman–Crippen LogP) is 5.35. The Morgan fingerprint density at radius 1 is 0.840 bits per heavy atom. The molecule has 126 valence electrons. The minimum Gasteiger partial charge on any atom is -0.378 e. The van der Waals surface area contributed by atoms with Crippen LogP contribution in [0.15, 0.2) is 84.9 Å². The third-order valence-electron chi connectivity index (χ3n) is 4.27. The number of Topliss-reactive ketones (excluding diaryl/α,β-unsaturated/α-hetero) is 1. The second kappa shape index (κ2) is 8.29. The third kappa shape index (κ3) is 5.05. The SMILES string of the molecule is Cc1ccc(NC(CC(=O)Cc2ccccc2)c2ccccc2)cc1. The van der Waals surface area contributed by atoms with Gasteiger partial charge < -0.3 is 5.32 Å². The monoisotopic (exact) mass is 329 g/mol. The molecule has 2 heteroatoms. The maximum atomic E-state index is 12.6. The predicted molar refractivity (Wildman–Crippen MR) is 104 cm³/mol. The molecule has 0 aromatic heterocycles. The smallest absolute Gasteiger partial charge is 0.139 e. The third-order valence-corrected chi connectivity index (χ3v) is 4.27. The van der Waals surface area contributed by atoms with Crippen LogP contribution < -0.4 is 5.32 Å². The van der Waals surface area contributed by atoms with Crippen molar-refractivity contribution in [3.63, 3.8) is 0 Å². The van der Waals surface area contributed by atoms with Gasteiger partial charge in [0.25, 0.3) is 0 Å². The summed E-state index contributed by atoms with van der Waals surface area (Å²) in [7, 11) is 0. The van der Waals surface area contributed by atoms with Gasteiger partial charge in [-0.1, -0.05) is 78.4 Å². The molecular formula is C23H23NO. The fraction of sp³-hybridized carbons (Fsp3) is 0.174. The fourth-order valence-electron chi connectivity index (χ4n) is 2.91. The van der Waals surface area contributed by atoms with E-state index in [1.807, 2.05) is 48.5 Å². The van der Waals surface area contributed by atoms with E-state index in [4.69, 9.17) is 0 Å². The number of benzene rings is 3. The molecule has 0 heterocycles. The van der Waals surface area contributed by atoms with Gasteiger partial charge in [0.05, 0.1) is 6.04 Å². The Labute approximate surface area is 149 Å². The van der Waals surface area contributed by atoms with Crippen LogP contribution in [0.3, 0.4) is 0 Å². The van der Waals surface area contributed by atoms with E-state index >= 15 is 0 Å². The van der Waals surface area contributed by atoms with E-state index in [0.29, 0.717) is 12.8 Å². The van der Waals surface area contributed by atoms with Gasteiger partial charge in [-0.2, -0.15) is 0 Å². The molecule has 0 fully saturated rings. The van der Waals surface area contributed by atoms with Crippen LogP contribution in [0, 0.1) is 6.92 Å². The molecule has 0 saturated carbocycles. The van der Waals surface area contributed by atoms with Crippen molar-refractivity contribution in [1.29, 1.82) is 0 Å². The first-order valence-electron chi connectivity index (χ1n) is 8.64. The molecule has 1 atom stereocenters. The van der Waals surface area contributed by atoms with Crippen molar-refractivity contribution in [3.05, 3.63) is 102 Å². The van der Waals surface area contributed by atoms with Crippen LogP contribution in [0.1, 0.15) is 29.2 Å². The zero-order valence-corrected chi connectivity index (χ0v) is 14.5. The second-order valence-corrected chi connectivity index (χ2v) is 6.38. The number of carbonyl (C=O) groups is 1. The largest absolute Gasteiger partial charge is 0.378 e. The summed E-state index contributed by atoms with van der Waals surface area (Å²) in [4.78, 5) is 12.6. The number of nitrogens with one attached hydrogen (secondary N) is 1. The number of ketones is 1. The van der Waals surface area contributed by atoms with Crippen molar-refractivity contribution in [1.82, 2.24) is 0 Å². The average molecular weight is 329 g/mol. The summed E-state index contributed by atoms with van der Waals surface area (Å²) in [5.41, 5.74) is 4.45. The minimum absolute atomic E-state index is 0.0277. The molecule has 3 aromatic carbocycles. The summed E-state index contributed by atoms with van der Waals surface area (Å²) in [5.74, 6) is 0.236. The molecule has 0 bridgehead atoms. The highest BCUT2D eigenvalue weighted by Crippen LogP contribution is 2.24. The second-order valence-electron chi connectivity index (χ2n) is 6.38. The number of hydrogen-bond donors (Lipinski definition) is 1. The van der Waals surface area contributed by atoms with Gasteiger partial charge in [-0.3, -0.25) is 4.79 Å². The zero-order valence-electron chi connectivity index (χ0n) is 14.5. The maximum absolute atomic E-state index is 12.6. The number of hydrogen-bond acceptors (Lipinski definition) is 2. The lowest BCUT2D eigenvalue weighted by atomic mass is 9.97. The molecule has 1 N–H and O–H groups in total. The van der Waals surface area contributed by atoms with Gasteiger partial charge in [-0.05, 0) is 30.2 Å². The van der Waals surface area contributed by atoms with Gasteiger partial charge in [0, 0.05) is 18.5 Å². The summed E-state index contributed by atoms with van der Waals surface area (Å²) in [5, 5.41) is 3.52. The molecule has 1 unspecified atom stereocenters. The van der Waals surface area contributed by atoms with Crippen molar-refractivity contribution in [2.75, 3.05) is 5.32 Å². The molecule has 0 spiro atoms. The Morgan fingerprint density at radius 2 is 1.44 bits per heavy atom. The van der Waals surface area contributed by atoms with E-state index < -0.39 is 0 Å². The molecule has 3 aromatic rings. The molecule has 0 saturated heterocycles. The van der Waals surface area contributed by atoms with Gasteiger partial charge in [-0.15, -0.1) is 0 Å². The number of aryl methyl sites for hydroxylation is 1. The number of anilines is 1. The molecule has 25 heavy (non-hydrogen) atoms. The maximum Gasteiger partial charge on any atom is 0.139 e. The molecule has 0 aliphatic rings. The molecular weight excluding hydrogens is 306 g/mol. The minimum atomic E-state index is -0.0277. The lowest BCUT2D eigenvalue weighted by Gasteiger charge is -2.20. The normalized spacial score (nSPS) is 11.7. The van der Waals surface area contributed by atoms with Gasteiger partial charge >= 0.3 is 0 Å². The Balaban J connectivity index is 1.74. The first kappa shape index (κ1) is 17.0. The van der Waals surface area contributed by atoms with E-state index in [1.54, 1.807) is 0 Å². The van der Waals surface area contributed by atoms with Crippen LogP contribution in [0.5, 0.6) is 0 Å². The highest BCUT2D eigenvalue weighted by molar-refractivity contribution is 5.82. The number of rotatable bonds is 7. The summed E-state index contributed by atoms with van der Waals surface area (Å²) in [6, 6.07) is 28.4. The number of carbonyl (C=O) groups excluding carboxylic acids is 1. The van der Waals surface area contributed by atoms with Crippen molar-refractivity contribution < 1.29 is 4.79 Å². The van der Waals surface area contributed by atoms with Gasteiger partial charge in [0.2, 0.25) is 0 Å². The van der Waals surface area contributed by atoms with E-state index in [2.05, 4.69) is 48.6 Å². The molecule has 0 aliphatic carbocycles. The fourth-order valence-corrected chi connectivity index (χ4v) is 2.91. The van der Waals surface area contributed by atoms with Crippen LogP contribution in [0.2, 0.25) is 0 Å². The Bertz CT molecular complexity index is 795. The van der Waals surface area contributed by atoms with E-state index in [-0.39, 0.29) is 11.8 Å². The lowest BCUT2D eigenvalue weighted by Crippen LogP contribution is -2.16. The Morgan fingerprint density at radius 3 is 2.08 bits per heavy atom. The van der Waals surface area contributed by atoms with Gasteiger partial charge in [0.15, 0.2) is 0 Å². The van der Waals surface area contributed by atoms with Gasteiger partial charge in [0.1, 0.15) is 5.78 Å². The lowest BCUT2D eigenvalue weighted by molar-refractivity contribution is -0.118. The molecule has 0 aliphatic heterocycles. The van der Waals surface area contributed by atoms with Crippen LogP contribution in [0.4, 0.5) is 5.69 Å². The topological polar surface area (TPSA) is 29.1 Å². The Hall–Kier alpha value is -2.87. The summed E-state index contributed by atoms with van der Waals surface area (Å²) in [6.45, 7) is 2.07. The van der Waals surface area contributed by atoms with Crippen molar-refractivity contribution >= 4 is 11.5 Å². The molecule has 2 nitrogen and oxygen atoms in total. The zero-order chi connectivity index (χ0) is 17.5. The van der Waals surface area contributed by atoms with Crippen LogP contribution >= 0.6 is 0 Å². The molecule has 3 rings (SSSR count). The highest BCUT2D eigenvalue weighted by Gasteiger charge is 2.16. The quantitative estimate of drug-likeness (QED) is 0.633. The molecule has 0 amide bonds. The first-order chi connectivity index (χ1) is 12.2. The van der Waals surface area contributed by atoms with E-state index in [0.717, 1.165) is 16.8 Å². The van der Waals surface area contributed by atoms with Gasteiger partial charge in [-0.25, -0.2) is 0 Å². The highest BCUT2D eigenvalue weighted by atomic mass is 16.1. The summed E-state index contributed by atoms with van der Waals surface area (Å²) in [6.07, 6.45) is 0.937. The van der Waals surface area contributed by atoms with Crippen molar-refractivity contribution in [2.45, 2.75) is 25.8 Å². The van der Waals surface area contributed by atoms with Crippen LogP contribution in [-0.4, -0.2) is 5.78 Å². The van der Waals surface area contributed by atoms with Crippen molar-refractivity contribution in [3.8, 4) is 0 Å².